The number of aliphatic hydroxyl groups excluding tert-OH is 2. The Kier molecular flexibility index (Phi) is 6.02. The molecule has 0 radical (unpaired) electrons. The average Bonchev–Trinajstić information content (AvgIpc) is 2.39. The molecule has 0 fully saturated rings. The molecule has 1 rings (SSSR count). The van der Waals surface area contributed by atoms with E-state index in [4.69, 9.17) is 0 Å². The molecule has 0 aliphatic carbocycles. The van der Waals surface area contributed by atoms with Gasteiger partial charge in [0.15, 0.2) is 0 Å². The Bertz CT molecular complexity index is 397. The number of aliphatic hydroxyl groups is 2. The van der Waals surface area contributed by atoms with Crippen molar-refractivity contribution in [2.24, 2.45) is 5.92 Å². The van der Waals surface area contributed by atoms with Gasteiger partial charge in [-0.3, -0.25) is 0 Å². The van der Waals surface area contributed by atoms with Crippen LogP contribution in [0.3, 0.4) is 0 Å². The van der Waals surface area contributed by atoms with Crippen LogP contribution in [0.5, 0.6) is 0 Å². The number of benzene rings is 1. The van der Waals surface area contributed by atoms with Crippen LogP contribution in [0.15, 0.2) is 24.3 Å². The summed E-state index contributed by atoms with van der Waals surface area (Å²) < 4.78 is 37.3. The Balaban J connectivity index is 2.69. The van der Waals surface area contributed by atoms with E-state index in [-0.39, 0.29) is 12.3 Å². The van der Waals surface area contributed by atoms with Crippen molar-refractivity contribution in [3.8, 4) is 0 Å². The summed E-state index contributed by atoms with van der Waals surface area (Å²) in [6.07, 6.45) is -4.52. The third-order valence-electron chi connectivity index (χ3n) is 3.65. The number of hydrogen-bond donors (Lipinski definition) is 2. The molecule has 2 nitrogen and oxygen atoms in total. The molecule has 0 aromatic heterocycles. The molecule has 0 amide bonds. The Morgan fingerprint density at radius 2 is 1.50 bits per heavy atom. The lowest BCUT2D eigenvalue weighted by Crippen LogP contribution is -2.34. The minimum absolute atomic E-state index is 0.000511. The fourth-order valence-corrected chi connectivity index (χ4v) is 2.28. The van der Waals surface area contributed by atoms with Crippen LogP contribution in [0.1, 0.15) is 37.8 Å². The van der Waals surface area contributed by atoms with E-state index >= 15 is 0 Å². The highest BCUT2D eigenvalue weighted by atomic mass is 19.4. The largest absolute Gasteiger partial charge is 0.416 e. The fourth-order valence-electron chi connectivity index (χ4n) is 2.28. The number of hydrogen-bond acceptors (Lipinski definition) is 2. The molecular formula is C15H21F3O2. The minimum atomic E-state index is -4.35. The van der Waals surface area contributed by atoms with E-state index in [1.807, 2.05) is 13.8 Å². The standard InChI is InChI=1S/C15H21F3O2/c1-3-11(4-2)14(20)13(19)9-10-5-7-12(8-6-10)15(16,17)18/h5-8,11,13-14,19-20H,3-4,9H2,1-2H3. The third-order valence-corrected chi connectivity index (χ3v) is 3.65. The summed E-state index contributed by atoms with van der Waals surface area (Å²) in [7, 11) is 0. The summed E-state index contributed by atoms with van der Waals surface area (Å²) in [6.45, 7) is 3.87. The first-order valence-electron chi connectivity index (χ1n) is 6.81. The number of halogens is 3. The van der Waals surface area contributed by atoms with Gasteiger partial charge in [-0.25, -0.2) is 0 Å². The van der Waals surface area contributed by atoms with Gasteiger partial charge in [-0.1, -0.05) is 38.8 Å². The predicted octanol–water partition coefficient (Wildman–Crippen LogP) is 3.41. The Morgan fingerprint density at radius 3 is 1.90 bits per heavy atom. The molecule has 20 heavy (non-hydrogen) atoms. The lowest BCUT2D eigenvalue weighted by Gasteiger charge is -2.25. The molecule has 2 unspecified atom stereocenters. The van der Waals surface area contributed by atoms with Gasteiger partial charge < -0.3 is 10.2 Å². The summed E-state index contributed by atoms with van der Waals surface area (Å²) in [5.74, 6) is -0.000511. The van der Waals surface area contributed by atoms with Crippen LogP contribution >= 0.6 is 0 Å². The van der Waals surface area contributed by atoms with Crippen LogP contribution in [0.4, 0.5) is 13.2 Å². The van der Waals surface area contributed by atoms with Crippen molar-refractivity contribution in [2.45, 2.75) is 51.5 Å². The monoisotopic (exact) mass is 290 g/mol. The van der Waals surface area contributed by atoms with E-state index in [2.05, 4.69) is 0 Å². The molecule has 0 aliphatic heterocycles. The second-order valence-electron chi connectivity index (χ2n) is 5.03. The van der Waals surface area contributed by atoms with Gasteiger partial charge >= 0.3 is 6.18 Å². The molecule has 0 aliphatic rings. The number of rotatable bonds is 6. The quantitative estimate of drug-likeness (QED) is 0.843. The lowest BCUT2D eigenvalue weighted by atomic mass is 9.90. The van der Waals surface area contributed by atoms with Gasteiger partial charge in [0.2, 0.25) is 0 Å². The van der Waals surface area contributed by atoms with Gasteiger partial charge in [-0.15, -0.1) is 0 Å². The molecule has 0 saturated heterocycles. The highest BCUT2D eigenvalue weighted by Gasteiger charge is 2.30. The van der Waals surface area contributed by atoms with Crippen LogP contribution in [-0.4, -0.2) is 22.4 Å². The van der Waals surface area contributed by atoms with Gasteiger partial charge in [0.1, 0.15) is 0 Å². The zero-order chi connectivity index (χ0) is 15.3. The van der Waals surface area contributed by atoms with Crippen molar-refractivity contribution in [1.29, 1.82) is 0 Å². The van der Waals surface area contributed by atoms with Gasteiger partial charge in [0.05, 0.1) is 17.8 Å². The van der Waals surface area contributed by atoms with E-state index < -0.39 is 23.9 Å². The molecule has 0 spiro atoms. The van der Waals surface area contributed by atoms with Gasteiger partial charge in [0, 0.05) is 6.42 Å². The molecular weight excluding hydrogens is 269 g/mol. The topological polar surface area (TPSA) is 40.5 Å². The van der Waals surface area contributed by atoms with E-state index in [9.17, 15) is 23.4 Å². The second-order valence-corrected chi connectivity index (χ2v) is 5.03. The van der Waals surface area contributed by atoms with Crippen LogP contribution < -0.4 is 0 Å². The van der Waals surface area contributed by atoms with Crippen molar-refractivity contribution in [1.82, 2.24) is 0 Å². The summed E-state index contributed by atoms with van der Waals surface area (Å²) in [5.41, 5.74) is -0.133. The number of alkyl halides is 3. The van der Waals surface area contributed by atoms with E-state index in [1.54, 1.807) is 0 Å². The van der Waals surface area contributed by atoms with Crippen LogP contribution in [0.25, 0.3) is 0 Å². The van der Waals surface area contributed by atoms with Crippen molar-refractivity contribution < 1.29 is 23.4 Å². The lowest BCUT2D eigenvalue weighted by molar-refractivity contribution is -0.137. The Labute approximate surface area is 117 Å². The molecule has 2 N–H and O–H groups in total. The predicted molar refractivity (Wildman–Crippen MR) is 71.2 cm³/mol. The minimum Gasteiger partial charge on any atom is -0.390 e. The summed E-state index contributed by atoms with van der Waals surface area (Å²) in [4.78, 5) is 0. The van der Waals surface area contributed by atoms with E-state index in [0.717, 1.165) is 25.0 Å². The maximum Gasteiger partial charge on any atom is 0.416 e. The normalized spacial score (nSPS) is 15.4. The zero-order valence-corrected chi connectivity index (χ0v) is 11.7. The first-order valence-corrected chi connectivity index (χ1v) is 6.81. The molecule has 1 aromatic carbocycles. The maximum atomic E-state index is 12.4. The molecule has 5 heteroatoms. The van der Waals surface area contributed by atoms with Crippen molar-refractivity contribution >= 4 is 0 Å². The highest BCUT2D eigenvalue weighted by molar-refractivity contribution is 5.25. The van der Waals surface area contributed by atoms with Crippen molar-refractivity contribution in [3.63, 3.8) is 0 Å². The van der Waals surface area contributed by atoms with Gasteiger partial charge in [-0.2, -0.15) is 13.2 Å². The van der Waals surface area contributed by atoms with Crippen LogP contribution in [0, 0.1) is 5.92 Å². The van der Waals surface area contributed by atoms with Crippen molar-refractivity contribution in [2.75, 3.05) is 0 Å². The highest BCUT2D eigenvalue weighted by Crippen LogP contribution is 2.29. The van der Waals surface area contributed by atoms with Crippen molar-refractivity contribution in [3.05, 3.63) is 35.4 Å². The summed E-state index contributed by atoms with van der Waals surface area (Å²) >= 11 is 0. The summed E-state index contributed by atoms with van der Waals surface area (Å²) in [5, 5.41) is 20.0. The van der Waals surface area contributed by atoms with E-state index in [1.165, 1.54) is 12.1 Å². The first-order chi connectivity index (χ1) is 9.29. The van der Waals surface area contributed by atoms with Gasteiger partial charge in [0.25, 0.3) is 0 Å². The SMILES string of the molecule is CCC(CC)C(O)C(O)Cc1ccc(C(F)(F)F)cc1. The average molecular weight is 290 g/mol. The Hall–Kier alpha value is -1.07. The fraction of sp³-hybridized carbons (Fsp3) is 0.600. The zero-order valence-electron chi connectivity index (χ0n) is 11.7. The van der Waals surface area contributed by atoms with Gasteiger partial charge in [-0.05, 0) is 23.6 Å². The first kappa shape index (κ1) is 17.0. The smallest absolute Gasteiger partial charge is 0.390 e. The molecule has 0 bridgehead atoms. The maximum absolute atomic E-state index is 12.4. The molecule has 114 valence electrons. The Morgan fingerprint density at radius 1 is 1.00 bits per heavy atom. The van der Waals surface area contributed by atoms with E-state index in [0.29, 0.717) is 5.56 Å². The molecule has 0 heterocycles. The van der Waals surface area contributed by atoms with Crippen LogP contribution in [-0.2, 0) is 12.6 Å². The third kappa shape index (κ3) is 4.49. The molecule has 1 aromatic rings. The molecule has 2 atom stereocenters. The second kappa shape index (κ2) is 7.09. The van der Waals surface area contributed by atoms with Crippen LogP contribution in [0.2, 0.25) is 0 Å². The summed E-state index contributed by atoms with van der Waals surface area (Å²) in [6, 6.07) is 4.66. The molecule has 0 saturated carbocycles.